The minimum atomic E-state index is 0.209. The van der Waals surface area contributed by atoms with Crippen LogP contribution in [-0.4, -0.2) is 29.4 Å². The molecule has 0 unspecified atom stereocenters. The Hall–Kier alpha value is -2.04. The quantitative estimate of drug-likeness (QED) is 0.496. The lowest BCUT2D eigenvalue weighted by Crippen LogP contribution is -2.41. The Labute approximate surface area is 144 Å². The molecular formula is C19H28N4O. The largest absolute Gasteiger partial charge is 0.370 e. The maximum absolute atomic E-state index is 12.3. The molecular weight excluding hydrogens is 300 g/mol. The molecule has 3 N–H and O–H groups in total. The molecule has 0 atom stereocenters. The van der Waals surface area contributed by atoms with Crippen LogP contribution in [0.15, 0.2) is 29.3 Å². The van der Waals surface area contributed by atoms with Crippen LogP contribution >= 0.6 is 0 Å². The first-order chi connectivity index (χ1) is 11.7. The van der Waals surface area contributed by atoms with E-state index in [0.717, 1.165) is 19.5 Å². The third-order valence-electron chi connectivity index (χ3n) is 4.98. The predicted molar refractivity (Wildman–Crippen MR) is 96.4 cm³/mol. The van der Waals surface area contributed by atoms with E-state index in [1.165, 1.54) is 43.2 Å². The van der Waals surface area contributed by atoms with Gasteiger partial charge in [-0.2, -0.15) is 0 Å². The van der Waals surface area contributed by atoms with Crippen LogP contribution in [0.4, 0.5) is 0 Å². The summed E-state index contributed by atoms with van der Waals surface area (Å²) in [6.07, 6.45) is 7.54. The lowest BCUT2D eigenvalue weighted by molar-refractivity contribution is -0.131. The number of hydrogen-bond donors (Lipinski definition) is 2. The molecule has 0 saturated heterocycles. The van der Waals surface area contributed by atoms with Gasteiger partial charge in [0.15, 0.2) is 5.96 Å². The molecule has 0 aromatic heterocycles. The SMILES string of the molecule is NC(=NCCCC(=O)N1Cc2ccccc2C1)NC1CCCCC1. The molecule has 1 heterocycles. The van der Waals surface area contributed by atoms with E-state index in [2.05, 4.69) is 22.4 Å². The van der Waals surface area contributed by atoms with Gasteiger partial charge in [0, 0.05) is 32.1 Å². The first-order valence-corrected chi connectivity index (χ1v) is 9.13. The summed E-state index contributed by atoms with van der Waals surface area (Å²) in [6, 6.07) is 8.75. The van der Waals surface area contributed by atoms with E-state index in [1.54, 1.807) is 0 Å². The van der Waals surface area contributed by atoms with Gasteiger partial charge < -0.3 is 16.0 Å². The number of guanidine groups is 1. The molecule has 130 valence electrons. The zero-order valence-electron chi connectivity index (χ0n) is 14.3. The Morgan fingerprint density at radius 3 is 2.50 bits per heavy atom. The van der Waals surface area contributed by atoms with Crippen LogP contribution in [0.3, 0.4) is 0 Å². The molecule has 5 heteroatoms. The van der Waals surface area contributed by atoms with Gasteiger partial charge in [-0.05, 0) is 30.4 Å². The highest BCUT2D eigenvalue weighted by Crippen LogP contribution is 2.23. The summed E-state index contributed by atoms with van der Waals surface area (Å²) in [4.78, 5) is 18.6. The fraction of sp³-hybridized carbons (Fsp3) is 0.579. The van der Waals surface area contributed by atoms with Crippen LogP contribution in [0.2, 0.25) is 0 Å². The zero-order valence-corrected chi connectivity index (χ0v) is 14.3. The van der Waals surface area contributed by atoms with Crippen molar-refractivity contribution in [3.8, 4) is 0 Å². The van der Waals surface area contributed by atoms with E-state index in [1.807, 2.05) is 17.0 Å². The maximum Gasteiger partial charge on any atom is 0.223 e. The summed E-state index contributed by atoms with van der Waals surface area (Å²) in [7, 11) is 0. The van der Waals surface area contributed by atoms with Crippen molar-refractivity contribution >= 4 is 11.9 Å². The number of carbonyl (C=O) groups is 1. The number of amides is 1. The van der Waals surface area contributed by atoms with Crippen molar-refractivity contribution in [2.45, 2.75) is 64.1 Å². The molecule has 1 aromatic carbocycles. The molecule has 1 aromatic rings. The van der Waals surface area contributed by atoms with Crippen molar-refractivity contribution in [3.05, 3.63) is 35.4 Å². The summed E-state index contributed by atoms with van der Waals surface area (Å²) in [5.74, 6) is 0.739. The van der Waals surface area contributed by atoms with Crippen LogP contribution in [0.5, 0.6) is 0 Å². The first kappa shape index (κ1) is 16.8. The molecule has 1 saturated carbocycles. The van der Waals surface area contributed by atoms with E-state index in [-0.39, 0.29) is 5.91 Å². The Kier molecular flexibility index (Phi) is 5.72. The molecule has 0 spiro atoms. The van der Waals surface area contributed by atoms with Crippen LogP contribution in [0, 0.1) is 0 Å². The van der Waals surface area contributed by atoms with Gasteiger partial charge in [0.05, 0.1) is 0 Å². The minimum Gasteiger partial charge on any atom is -0.370 e. The van der Waals surface area contributed by atoms with E-state index < -0.39 is 0 Å². The van der Waals surface area contributed by atoms with Gasteiger partial charge in [-0.3, -0.25) is 9.79 Å². The molecule has 2 aliphatic rings. The first-order valence-electron chi connectivity index (χ1n) is 9.13. The second-order valence-corrected chi connectivity index (χ2v) is 6.87. The number of nitrogens with one attached hydrogen (secondary N) is 1. The summed E-state index contributed by atoms with van der Waals surface area (Å²) in [5, 5.41) is 3.31. The number of carbonyl (C=O) groups excluding carboxylic acids is 1. The fourth-order valence-electron chi connectivity index (χ4n) is 3.60. The van der Waals surface area contributed by atoms with E-state index in [0.29, 0.717) is 25.0 Å². The number of nitrogens with zero attached hydrogens (tertiary/aromatic N) is 2. The van der Waals surface area contributed by atoms with Gasteiger partial charge in [0.25, 0.3) is 0 Å². The third kappa shape index (κ3) is 4.49. The Balaban J connectivity index is 1.36. The van der Waals surface area contributed by atoms with E-state index in [9.17, 15) is 4.79 Å². The summed E-state index contributed by atoms with van der Waals surface area (Å²) in [5.41, 5.74) is 8.48. The third-order valence-corrected chi connectivity index (χ3v) is 4.98. The predicted octanol–water partition coefficient (Wildman–Crippen LogP) is 2.55. The Bertz CT molecular complexity index is 568. The summed E-state index contributed by atoms with van der Waals surface area (Å²) in [6.45, 7) is 2.09. The standard InChI is InChI=1S/C19H28N4O/c20-19(22-17-9-2-1-3-10-17)21-12-6-11-18(24)23-13-15-7-4-5-8-16(15)14-23/h4-5,7-8,17H,1-3,6,9-14H2,(H3,20,21,22). The summed E-state index contributed by atoms with van der Waals surface area (Å²) < 4.78 is 0. The molecule has 3 rings (SSSR count). The van der Waals surface area contributed by atoms with Gasteiger partial charge in [0.2, 0.25) is 5.91 Å². The topological polar surface area (TPSA) is 70.7 Å². The zero-order chi connectivity index (χ0) is 16.8. The van der Waals surface area contributed by atoms with Gasteiger partial charge in [-0.25, -0.2) is 0 Å². The van der Waals surface area contributed by atoms with Crippen LogP contribution < -0.4 is 11.1 Å². The smallest absolute Gasteiger partial charge is 0.223 e. The Morgan fingerprint density at radius 2 is 1.83 bits per heavy atom. The highest BCUT2D eigenvalue weighted by atomic mass is 16.2. The molecule has 1 aliphatic carbocycles. The van der Waals surface area contributed by atoms with Crippen molar-refractivity contribution in [1.82, 2.24) is 10.2 Å². The molecule has 1 aliphatic heterocycles. The van der Waals surface area contributed by atoms with Gasteiger partial charge in [0.1, 0.15) is 0 Å². The lowest BCUT2D eigenvalue weighted by atomic mass is 9.96. The van der Waals surface area contributed by atoms with E-state index >= 15 is 0 Å². The number of fused-ring (bicyclic) bond motifs is 1. The van der Waals surface area contributed by atoms with Crippen molar-refractivity contribution in [2.75, 3.05) is 6.54 Å². The maximum atomic E-state index is 12.3. The van der Waals surface area contributed by atoms with Gasteiger partial charge in [-0.15, -0.1) is 0 Å². The van der Waals surface area contributed by atoms with Crippen LogP contribution in [-0.2, 0) is 17.9 Å². The van der Waals surface area contributed by atoms with Crippen LogP contribution in [0.25, 0.3) is 0 Å². The van der Waals surface area contributed by atoms with Gasteiger partial charge in [-0.1, -0.05) is 43.5 Å². The van der Waals surface area contributed by atoms with Gasteiger partial charge >= 0.3 is 0 Å². The highest BCUT2D eigenvalue weighted by molar-refractivity contribution is 5.78. The number of hydrogen-bond acceptors (Lipinski definition) is 2. The number of aliphatic imine (C=N–C) groups is 1. The van der Waals surface area contributed by atoms with Crippen molar-refractivity contribution < 1.29 is 4.79 Å². The van der Waals surface area contributed by atoms with E-state index in [4.69, 9.17) is 5.73 Å². The molecule has 0 radical (unpaired) electrons. The molecule has 1 amide bonds. The Morgan fingerprint density at radius 1 is 1.17 bits per heavy atom. The van der Waals surface area contributed by atoms with Crippen molar-refractivity contribution in [3.63, 3.8) is 0 Å². The lowest BCUT2D eigenvalue weighted by Gasteiger charge is -2.23. The van der Waals surface area contributed by atoms with Crippen molar-refractivity contribution in [2.24, 2.45) is 10.7 Å². The normalized spacial score (nSPS) is 18.5. The van der Waals surface area contributed by atoms with Crippen molar-refractivity contribution in [1.29, 1.82) is 0 Å². The second-order valence-electron chi connectivity index (χ2n) is 6.87. The monoisotopic (exact) mass is 328 g/mol. The average molecular weight is 328 g/mol. The fourth-order valence-corrected chi connectivity index (χ4v) is 3.60. The molecule has 1 fully saturated rings. The number of nitrogens with two attached hydrogens (primary N) is 1. The molecule has 5 nitrogen and oxygen atoms in total. The second kappa shape index (κ2) is 8.18. The minimum absolute atomic E-state index is 0.209. The average Bonchev–Trinajstić information content (AvgIpc) is 3.04. The summed E-state index contributed by atoms with van der Waals surface area (Å²) >= 11 is 0. The molecule has 24 heavy (non-hydrogen) atoms. The van der Waals surface area contributed by atoms with Crippen LogP contribution in [0.1, 0.15) is 56.1 Å². The highest BCUT2D eigenvalue weighted by Gasteiger charge is 2.22. The number of rotatable bonds is 5. The number of benzene rings is 1. The molecule has 0 bridgehead atoms.